The zero-order valence-corrected chi connectivity index (χ0v) is 25.1. The lowest BCUT2D eigenvalue weighted by Crippen LogP contribution is -2.32. The molecular weight excluding hydrogens is 478 g/mol. The van der Waals surface area contributed by atoms with Crippen molar-refractivity contribution in [2.75, 3.05) is 13.7 Å². The van der Waals surface area contributed by atoms with Crippen molar-refractivity contribution >= 4 is 18.0 Å². The Morgan fingerprint density at radius 2 is 1.29 bits per heavy atom. The van der Waals surface area contributed by atoms with Gasteiger partial charge in [-0.25, -0.2) is 0 Å². The Labute approximate surface area is 232 Å². The van der Waals surface area contributed by atoms with E-state index in [2.05, 4.69) is 12.2 Å². The lowest BCUT2D eigenvalue weighted by Gasteiger charge is -2.23. The number of hydrogen-bond donors (Lipinski definition) is 1. The van der Waals surface area contributed by atoms with Crippen LogP contribution in [-0.4, -0.2) is 37.3 Å². The predicted octanol–water partition coefficient (Wildman–Crippen LogP) is 7.90. The van der Waals surface area contributed by atoms with Crippen LogP contribution in [0.4, 0.5) is 0 Å². The average molecular weight is 534 g/mol. The van der Waals surface area contributed by atoms with Crippen molar-refractivity contribution in [2.24, 2.45) is 0 Å². The Balaban J connectivity index is 2.34. The lowest BCUT2D eigenvalue weighted by molar-refractivity contribution is -0.140. The third-order valence-electron chi connectivity index (χ3n) is 7.56. The van der Waals surface area contributed by atoms with Crippen molar-refractivity contribution in [3.8, 4) is 0 Å². The van der Waals surface area contributed by atoms with E-state index in [1.165, 1.54) is 84.2 Å². The smallest absolute Gasteiger partial charge is 0.293 e. The Kier molecular flexibility index (Phi) is 17.7. The molecule has 0 amide bonds. The third-order valence-corrected chi connectivity index (χ3v) is 7.56. The van der Waals surface area contributed by atoms with Crippen LogP contribution in [0, 0.1) is 0 Å². The van der Waals surface area contributed by atoms with Crippen LogP contribution in [0.15, 0.2) is 22.6 Å². The Hall–Kier alpha value is -2.11. The third kappa shape index (κ3) is 13.1. The Morgan fingerprint density at radius 3 is 1.79 bits per heavy atom. The maximum atomic E-state index is 13.3. The van der Waals surface area contributed by atoms with Crippen LogP contribution in [0.1, 0.15) is 143 Å². The highest BCUT2D eigenvalue weighted by molar-refractivity contribution is 6.23. The summed E-state index contributed by atoms with van der Waals surface area (Å²) < 4.78 is 10.5. The second-order valence-electron chi connectivity index (χ2n) is 11.4. The molecule has 0 aromatic heterocycles. The number of ketones is 2. The number of ether oxygens (including phenoxy) is 2. The number of Topliss-reactive ketones (excluding diaryl/α,β-unsaturated/α-hetero) is 2. The molecule has 1 aliphatic carbocycles. The second-order valence-corrected chi connectivity index (χ2v) is 11.4. The summed E-state index contributed by atoms with van der Waals surface area (Å²) in [6.45, 7) is 8.77. The molecule has 0 saturated heterocycles. The predicted molar refractivity (Wildman–Crippen MR) is 155 cm³/mol. The van der Waals surface area contributed by atoms with Gasteiger partial charge in [-0.05, 0) is 52.9 Å². The zero-order chi connectivity index (χ0) is 28.2. The number of carbonyl (C=O) groups is 3. The normalized spacial score (nSPS) is 14.3. The molecule has 1 aliphatic rings. The molecule has 0 spiro atoms. The van der Waals surface area contributed by atoms with E-state index in [1.54, 1.807) is 6.92 Å². The van der Waals surface area contributed by atoms with E-state index in [4.69, 9.17) is 9.47 Å². The first kappa shape index (κ1) is 33.9. The molecule has 0 radical (unpaired) electrons. The van der Waals surface area contributed by atoms with Crippen molar-refractivity contribution in [1.82, 2.24) is 5.32 Å². The Bertz CT molecular complexity index is 781. The van der Waals surface area contributed by atoms with Crippen LogP contribution in [0.3, 0.4) is 0 Å². The van der Waals surface area contributed by atoms with E-state index in [0.29, 0.717) is 36.3 Å². The molecule has 0 aliphatic heterocycles. The molecule has 38 heavy (non-hydrogen) atoms. The number of nitrogens with one attached hydrogen (secondary N) is 1. The van der Waals surface area contributed by atoms with Gasteiger partial charge in [0.1, 0.15) is 5.60 Å². The highest BCUT2D eigenvalue weighted by Crippen LogP contribution is 2.28. The summed E-state index contributed by atoms with van der Waals surface area (Å²) in [6, 6.07) is 0. The fraction of sp³-hybridized carbons (Fsp3) is 0.781. The molecule has 0 fully saturated rings. The Morgan fingerprint density at radius 1 is 0.763 bits per heavy atom. The molecule has 6 heteroatoms. The molecule has 0 aromatic rings. The maximum Gasteiger partial charge on any atom is 0.293 e. The summed E-state index contributed by atoms with van der Waals surface area (Å²) in [7, 11) is 1.47. The number of methoxy groups -OCH3 is 1. The van der Waals surface area contributed by atoms with Gasteiger partial charge < -0.3 is 14.8 Å². The minimum absolute atomic E-state index is 0.113. The van der Waals surface area contributed by atoms with Gasteiger partial charge in [-0.15, -0.1) is 0 Å². The van der Waals surface area contributed by atoms with Crippen LogP contribution >= 0.6 is 0 Å². The first-order valence-electron chi connectivity index (χ1n) is 15.2. The number of rotatable bonds is 24. The molecule has 1 N–H and O–H groups in total. The number of unbranched alkanes of at least 4 members (excludes halogenated alkanes) is 14. The molecule has 218 valence electrons. The van der Waals surface area contributed by atoms with Crippen molar-refractivity contribution in [2.45, 2.75) is 149 Å². The van der Waals surface area contributed by atoms with Crippen LogP contribution < -0.4 is 5.32 Å². The number of allylic oxidation sites excluding steroid dienone is 2. The molecule has 0 bridgehead atoms. The number of hydrogen-bond acceptors (Lipinski definition) is 6. The minimum atomic E-state index is -0.496. The molecule has 0 aromatic carbocycles. The van der Waals surface area contributed by atoms with Crippen LogP contribution in [0.5, 0.6) is 0 Å². The maximum absolute atomic E-state index is 13.3. The summed E-state index contributed by atoms with van der Waals surface area (Å²) in [5.41, 5.74) is 0.829. The summed E-state index contributed by atoms with van der Waals surface area (Å²) >= 11 is 0. The van der Waals surface area contributed by atoms with E-state index in [9.17, 15) is 14.4 Å². The molecular formula is C32H55NO5. The lowest BCUT2D eigenvalue weighted by atomic mass is 9.89. The summed E-state index contributed by atoms with van der Waals surface area (Å²) in [6.07, 6.45) is 20.9. The van der Waals surface area contributed by atoms with Crippen LogP contribution in [0.2, 0.25) is 0 Å². The van der Waals surface area contributed by atoms with Gasteiger partial charge in [-0.2, -0.15) is 0 Å². The molecule has 0 unspecified atom stereocenters. The van der Waals surface area contributed by atoms with E-state index < -0.39 is 5.60 Å². The van der Waals surface area contributed by atoms with Gasteiger partial charge in [-0.1, -0.05) is 90.4 Å². The standard InChI is InChI=1S/C32H55NO5/c1-6-7-8-9-10-11-12-13-14-15-16-17-18-19-22-27-30(36)28(26(2)29(35)31(27)37-5)33-24-21-20-23-32(3,4)38-25-34/h25,33H,6-24H2,1-5H3. The first-order chi connectivity index (χ1) is 18.3. The van der Waals surface area contributed by atoms with E-state index in [1.807, 2.05) is 13.8 Å². The quantitative estimate of drug-likeness (QED) is 0.0771. The van der Waals surface area contributed by atoms with Crippen LogP contribution in [0.25, 0.3) is 0 Å². The molecule has 0 saturated carbocycles. The van der Waals surface area contributed by atoms with Gasteiger partial charge in [0, 0.05) is 17.7 Å². The zero-order valence-electron chi connectivity index (χ0n) is 25.1. The van der Waals surface area contributed by atoms with E-state index >= 15 is 0 Å². The van der Waals surface area contributed by atoms with Crippen molar-refractivity contribution in [3.05, 3.63) is 22.6 Å². The molecule has 6 nitrogen and oxygen atoms in total. The largest absolute Gasteiger partial charge is 0.492 e. The summed E-state index contributed by atoms with van der Waals surface area (Å²) in [5.74, 6) is -0.103. The van der Waals surface area contributed by atoms with Gasteiger partial charge in [-0.3, -0.25) is 14.4 Å². The van der Waals surface area contributed by atoms with E-state index in [-0.39, 0.29) is 17.3 Å². The second kappa shape index (κ2) is 19.9. The highest BCUT2D eigenvalue weighted by Gasteiger charge is 2.33. The van der Waals surface area contributed by atoms with Gasteiger partial charge in [0.2, 0.25) is 11.6 Å². The SMILES string of the molecule is CCCCCCCCCCCCCCCCC1=C(OC)C(=O)C(C)=C(NCCCCC(C)(C)OC=O)C1=O. The fourth-order valence-electron chi connectivity index (χ4n) is 5.08. The molecule has 0 atom stereocenters. The van der Waals surface area contributed by atoms with Crippen LogP contribution in [-0.2, 0) is 23.9 Å². The van der Waals surface area contributed by atoms with Gasteiger partial charge in [0.25, 0.3) is 6.47 Å². The molecule has 0 heterocycles. The molecule has 1 rings (SSSR count). The topological polar surface area (TPSA) is 81.7 Å². The van der Waals surface area contributed by atoms with Gasteiger partial charge in [0.05, 0.1) is 12.8 Å². The monoisotopic (exact) mass is 533 g/mol. The average Bonchev–Trinajstić information content (AvgIpc) is 2.88. The highest BCUT2D eigenvalue weighted by atomic mass is 16.5. The summed E-state index contributed by atoms with van der Waals surface area (Å²) in [4.78, 5) is 36.7. The number of carbonyl (C=O) groups excluding carboxylic acids is 3. The van der Waals surface area contributed by atoms with Gasteiger partial charge in [0.15, 0.2) is 5.76 Å². The van der Waals surface area contributed by atoms with Gasteiger partial charge >= 0.3 is 0 Å². The first-order valence-corrected chi connectivity index (χ1v) is 15.2. The van der Waals surface area contributed by atoms with Crippen molar-refractivity contribution < 1.29 is 23.9 Å². The van der Waals surface area contributed by atoms with Crippen molar-refractivity contribution in [3.63, 3.8) is 0 Å². The van der Waals surface area contributed by atoms with Crippen molar-refractivity contribution in [1.29, 1.82) is 0 Å². The van der Waals surface area contributed by atoms with E-state index in [0.717, 1.165) is 32.1 Å². The summed E-state index contributed by atoms with van der Waals surface area (Å²) in [5, 5.41) is 3.21. The minimum Gasteiger partial charge on any atom is -0.492 e. The fourth-order valence-corrected chi connectivity index (χ4v) is 5.08.